The van der Waals surface area contributed by atoms with Crippen LogP contribution < -0.4 is 4.80 Å². The first-order valence-electron chi connectivity index (χ1n) is 10.5. The molecule has 1 heterocycles. The molecule has 0 aliphatic rings. The normalized spacial score (nSPS) is 11.9. The number of nitriles is 1. The van der Waals surface area contributed by atoms with Gasteiger partial charge in [0.1, 0.15) is 0 Å². The lowest BCUT2D eigenvalue weighted by Crippen LogP contribution is -2.14. The summed E-state index contributed by atoms with van der Waals surface area (Å²) in [7, 11) is 0. The van der Waals surface area contributed by atoms with Crippen molar-refractivity contribution < 1.29 is 4.92 Å². The van der Waals surface area contributed by atoms with Crippen LogP contribution >= 0.6 is 11.3 Å². The molecule has 0 aliphatic carbocycles. The Hall–Kier alpha value is -4.35. The smallest absolute Gasteiger partial charge is 0.258 e. The van der Waals surface area contributed by atoms with Crippen LogP contribution in [0.4, 0.5) is 11.4 Å². The molecule has 3 aromatic carbocycles. The fourth-order valence-electron chi connectivity index (χ4n) is 3.45. The van der Waals surface area contributed by atoms with Crippen LogP contribution in [0.3, 0.4) is 0 Å². The van der Waals surface area contributed by atoms with E-state index in [0.29, 0.717) is 10.4 Å². The Labute approximate surface area is 200 Å². The molecule has 0 bridgehead atoms. The molecule has 4 aromatic rings. The highest BCUT2D eigenvalue weighted by molar-refractivity contribution is 7.07. The van der Waals surface area contributed by atoms with Gasteiger partial charge in [0.05, 0.1) is 33.6 Å². The molecular weight excluding hydrogens is 446 g/mol. The first kappa shape index (κ1) is 22.8. The van der Waals surface area contributed by atoms with Crippen molar-refractivity contribution in [1.29, 1.82) is 5.26 Å². The van der Waals surface area contributed by atoms with Crippen LogP contribution in [0.5, 0.6) is 0 Å². The van der Waals surface area contributed by atoms with E-state index < -0.39 is 4.92 Å². The van der Waals surface area contributed by atoms with Crippen LogP contribution in [0.15, 0.2) is 82.2 Å². The van der Waals surface area contributed by atoms with Crippen LogP contribution in [0, 0.1) is 35.3 Å². The lowest BCUT2D eigenvalue weighted by atomic mass is 10.1. The third-order valence-corrected chi connectivity index (χ3v) is 6.13. The van der Waals surface area contributed by atoms with Crippen molar-refractivity contribution >= 4 is 28.4 Å². The van der Waals surface area contributed by atoms with Crippen molar-refractivity contribution in [2.75, 3.05) is 0 Å². The molecule has 0 spiro atoms. The van der Waals surface area contributed by atoms with Crippen molar-refractivity contribution in [2.24, 2.45) is 10.1 Å². The number of hydrogen-bond donors (Lipinski definition) is 0. The standard InChI is InChI=1S/C26H21N5O2S/c1-17-4-13-24(18(2)14-17)28-26-30(29-19(3)21-7-5-20(15-27)6-8-21)25(16-34-26)22-9-11-23(12-10-22)31(32)33/h4-14,16H,1-3H3. The Balaban J connectivity index is 1.88. The van der Waals surface area contributed by atoms with Crippen LogP contribution in [0.25, 0.3) is 11.3 Å². The van der Waals surface area contributed by atoms with Crippen molar-refractivity contribution in [2.45, 2.75) is 20.8 Å². The Kier molecular flexibility index (Phi) is 6.48. The predicted molar refractivity (Wildman–Crippen MR) is 134 cm³/mol. The molecule has 0 amide bonds. The largest absolute Gasteiger partial charge is 0.269 e. The summed E-state index contributed by atoms with van der Waals surface area (Å²) in [5, 5.41) is 26.9. The summed E-state index contributed by atoms with van der Waals surface area (Å²) >= 11 is 1.44. The van der Waals surface area contributed by atoms with Gasteiger partial charge >= 0.3 is 0 Å². The second kappa shape index (κ2) is 9.65. The lowest BCUT2D eigenvalue weighted by Gasteiger charge is -2.07. The topological polar surface area (TPSA) is 96.6 Å². The Morgan fingerprint density at radius 3 is 2.38 bits per heavy atom. The monoisotopic (exact) mass is 467 g/mol. The molecule has 0 atom stereocenters. The molecule has 8 heteroatoms. The summed E-state index contributed by atoms with van der Waals surface area (Å²) in [4.78, 5) is 16.2. The van der Waals surface area contributed by atoms with E-state index in [-0.39, 0.29) is 5.69 Å². The van der Waals surface area contributed by atoms with E-state index in [1.165, 1.54) is 23.5 Å². The molecule has 7 nitrogen and oxygen atoms in total. The summed E-state index contributed by atoms with van der Waals surface area (Å²) in [6, 6.07) is 21.8. The molecule has 0 fully saturated rings. The van der Waals surface area contributed by atoms with Gasteiger partial charge in [-0.15, -0.1) is 11.3 Å². The Morgan fingerprint density at radius 2 is 1.76 bits per heavy atom. The van der Waals surface area contributed by atoms with Gasteiger partial charge < -0.3 is 0 Å². The van der Waals surface area contributed by atoms with Gasteiger partial charge in [0.15, 0.2) is 0 Å². The van der Waals surface area contributed by atoms with Gasteiger partial charge in [0, 0.05) is 23.1 Å². The van der Waals surface area contributed by atoms with Gasteiger partial charge in [0.25, 0.3) is 5.69 Å². The highest BCUT2D eigenvalue weighted by Gasteiger charge is 2.12. The van der Waals surface area contributed by atoms with Crippen LogP contribution in [-0.4, -0.2) is 15.3 Å². The zero-order chi connectivity index (χ0) is 24.2. The van der Waals surface area contributed by atoms with Crippen molar-refractivity contribution in [3.05, 3.63) is 109 Å². The number of aromatic nitrogens is 1. The van der Waals surface area contributed by atoms with Gasteiger partial charge in [-0.25, -0.2) is 9.67 Å². The molecule has 4 rings (SSSR count). The Bertz CT molecular complexity index is 1500. The lowest BCUT2D eigenvalue weighted by molar-refractivity contribution is -0.384. The van der Waals surface area contributed by atoms with Crippen molar-refractivity contribution in [3.8, 4) is 17.3 Å². The summed E-state index contributed by atoms with van der Waals surface area (Å²) in [5.74, 6) is 0. The van der Waals surface area contributed by atoms with Gasteiger partial charge in [-0.3, -0.25) is 10.1 Å². The predicted octanol–water partition coefficient (Wildman–Crippen LogP) is 6.12. The van der Waals surface area contributed by atoms with E-state index >= 15 is 0 Å². The van der Waals surface area contributed by atoms with Crippen LogP contribution in [0.2, 0.25) is 0 Å². The number of thiazole rings is 1. The quantitative estimate of drug-likeness (QED) is 0.201. The molecule has 0 saturated carbocycles. The first-order chi connectivity index (χ1) is 16.4. The van der Waals surface area contributed by atoms with E-state index in [1.54, 1.807) is 28.9 Å². The van der Waals surface area contributed by atoms with Gasteiger partial charge in [-0.05, 0) is 62.2 Å². The number of nitrogens with zero attached hydrogens (tertiary/aromatic N) is 5. The summed E-state index contributed by atoms with van der Waals surface area (Å²) in [5.41, 5.74) is 6.87. The number of aryl methyl sites for hydroxylation is 2. The maximum Gasteiger partial charge on any atom is 0.269 e. The molecular formula is C26H21N5O2S. The van der Waals surface area contributed by atoms with Crippen LogP contribution in [-0.2, 0) is 0 Å². The van der Waals surface area contributed by atoms with Crippen molar-refractivity contribution in [3.63, 3.8) is 0 Å². The second-order valence-corrected chi connectivity index (χ2v) is 8.63. The SMILES string of the molecule is CC(=Nn1c(-c2ccc([N+](=O)[O-])cc2)csc1=Nc1ccc(C)cc1C)c1ccc(C#N)cc1. The number of hydrogen-bond acceptors (Lipinski definition) is 6. The number of benzene rings is 3. The summed E-state index contributed by atoms with van der Waals surface area (Å²) in [6.07, 6.45) is 0. The average Bonchev–Trinajstić information content (AvgIpc) is 3.22. The maximum atomic E-state index is 11.1. The van der Waals surface area contributed by atoms with E-state index in [9.17, 15) is 10.1 Å². The highest BCUT2D eigenvalue weighted by Crippen LogP contribution is 2.25. The molecule has 168 valence electrons. The zero-order valence-corrected chi connectivity index (χ0v) is 19.7. The molecule has 0 unspecified atom stereocenters. The molecule has 1 aromatic heterocycles. The summed E-state index contributed by atoms with van der Waals surface area (Å²) in [6.45, 7) is 5.96. The minimum Gasteiger partial charge on any atom is -0.258 e. The van der Waals surface area contributed by atoms with Gasteiger partial charge in [-0.2, -0.15) is 10.4 Å². The molecule has 0 N–H and O–H groups in total. The van der Waals surface area contributed by atoms with Crippen LogP contribution in [0.1, 0.15) is 29.2 Å². The number of non-ortho nitro benzene ring substituents is 1. The third-order valence-electron chi connectivity index (χ3n) is 5.31. The zero-order valence-electron chi connectivity index (χ0n) is 18.9. The van der Waals surface area contributed by atoms with E-state index in [1.807, 2.05) is 50.4 Å². The number of nitro benzene ring substituents is 1. The molecule has 0 radical (unpaired) electrons. The molecule has 0 aliphatic heterocycles. The molecule has 34 heavy (non-hydrogen) atoms. The number of nitro groups is 1. The van der Waals surface area contributed by atoms with Gasteiger partial charge in [0.2, 0.25) is 4.80 Å². The third kappa shape index (κ3) is 4.85. The van der Waals surface area contributed by atoms with E-state index in [4.69, 9.17) is 15.4 Å². The fourth-order valence-corrected chi connectivity index (χ4v) is 4.30. The highest BCUT2D eigenvalue weighted by atomic mass is 32.1. The maximum absolute atomic E-state index is 11.1. The van der Waals surface area contributed by atoms with E-state index in [0.717, 1.165) is 39.3 Å². The van der Waals surface area contributed by atoms with E-state index in [2.05, 4.69) is 12.1 Å². The summed E-state index contributed by atoms with van der Waals surface area (Å²) < 4.78 is 1.76. The fraction of sp³-hybridized carbons (Fsp3) is 0.115. The minimum atomic E-state index is -0.417. The average molecular weight is 468 g/mol. The minimum absolute atomic E-state index is 0.0305. The van der Waals surface area contributed by atoms with Gasteiger partial charge in [-0.1, -0.05) is 29.8 Å². The Morgan fingerprint density at radius 1 is 1.06 bits per heavy atom. The van der Waals surface area contributed by atoms with Crippen molar-refractivity contribution in [1.82, 2.24) is 4.68 Å². The first-order valence-corrected chi connectivity index (χ1v) is 11.4. The number of rotatable bonds is 5. The second-order valence-electron chi connectivity index (χ2n) is 7.80. The molecule has 0 saturated heterocycles.